The Kier molecular flexibility index (Phi) is 7.96. The maximum Gasteiger partial charge on any atom is 0.416 e. The SMILES string of the molecule is CN1CCN(Cc2ccc(NC(=O)CCSc3ccc4c(-c5cnn(C)c5)n[nH]c4c3)cc2C(F)(F)F)CC1. The normalized spacial score (nSPS) is 15.2. The minimum atomic E-state index is -4.50. The van der Waals surface area contributed by atoms with E-state index in [2.05, 4.69) is 25.5 Å². The molecule has 0 atom stereocenters. The number of thioether (sulfide) groups is 1. The molecule has 0 aliphatic carbocycles. The number of carbonyl (C=O) groups is 1. The molecule has 2 N–H and O–H groups in total. The van der Waals surface area contributed by atoms with Crippen LogP contribution < -0.4 is 5.32 Å². The summed E-state index contributed by atoms with van der Waals surface area (Å²) in [5, 5.41) is 15.2. The fraction of sp³-hybridized carbons (Fsp3) is 0.370. The molecule has 5 rings (SSSR count). The van der Waals surface area contributed by atoms with Crippen molar-refractivity contribution in [2.75, 3.05) is 44.3 Å². The Morgan fingerprint density at radius 3 is 2.62 bits per heavy atom. The third kappa shape index (κ3) is 6.63. The number of amides is 1. The number of nitrogens with one attached hydrogen (secondary N) is 2. The number of H-pyrrole nitrogens is 1. The molecular weight excluding hydrogens is 527 g/mol. The van der Waals surface area contributed by atoms with E-state index < -0.39 is 11.7 Å². The van der Waals surface area contributed by atoms with E-state index in [0.29, 0.717) is 5.75 Å². The van der Waals surface area contributed by atoms with Gasteiger partial charge in [0.2, 0.25) is 5.91 Å². The van der Waals surface area contributed by atoms with E-state index in [1.807, 2.05) is 43.4 Å². The Morgan fingerprint density at radius 1 is 1.10 bits per heavy atom. The number of aryl methyl sites for hydroxylation is 1. The topological polar surface area (TPSA) is 82.1 Å². The predicted octanol–water partition coefficient (Wildman–Crippen LogP) is 4.85. The van der Waals surface area contributed by atoms with Crippen molar-refractivity contribution in [3.63, 3.8) is 0 Å². The van der Waals surface area contributed by atoms with Crippen LogP contribution in [0.1, 0.15) is 17.5 Å². The highest BCUT2D eigenvalue weighted by molar-refractivity contribution is 7.99. The van der Waals surface area contributed by atoms with Crippen LogP contribution >= 0.6 is 11.8 Å². The maximum atomic E-state index is 13.8. The van der Waals surface area contributed by atoms with Gasteiger partial charge in [-0.15, -0.1) is 11.8 Å². The first-order chi connectivity index (χ1) is 18.7. The molecule has 1 fully saturated rings. The lowest BCUT2D eigenvalue weighted by molar-refractivity contribution is -0.138. The highest BCUT2D eigenvalue weighted by atomic mass is 32.2. The molecule has 1 saturated heterocycles. The van der Waals surface area contributed by atoms with Crippen molar-refractivity contribution >= 4 is 34.3 Å². The summed E-state index contributed by atoms with van der Waals surface area (Å²) >= 11 is 1.50. The van der Waals surface area contributed by atoms with Crippen molar-refractivity contribution in [3.8, 4) is 11.3 Å². The Morgan fingerprint density at radius 2 is 1.90 bits per heavy atom. The van der Waals surface area contributed by atoms with E-state index in [0.717, 1.165) is 59.3 Å². The van der Waals surface area contributed by atoms with Crippen molar-refractivity contribution in [1.82, 2.24) is 29.8 Å². The lowest BCUT2D eigenvalue weighted by Gasteiger charge is -2.33. The summed E-state index contributed by atoms with van der Waals surface area (Å²) in [6.07, 6.45) is -0.678. The highest BCUT2D eigenvalue weighted by Crippen LogP contribution is 2.35. The molecule has 0 unspecified atom stereocenters. The first kappa shape index (κ1) is 27.2. The lowest BCUT2D eigenvalue weighted by Crippen LogP contribution is -2.44. The van der Waals surface area contributed by atoms with E-state index in [1.54, 1.807) is 16.9 Å². The molecule has 0 saturated carbocycles. The molecule has 1 aliphatic rings. The van der Waals surface area contributed by atoms with Crippen LogP contribution in [0.4, 0.5) is 18.9 Å². The minimum absolute atomic E-state index is 0.154. The first-order valence-corrected chi connectivity index (χ1v) is 13.6. The number of alkyl halides is 3. The van der Waals surface area contributed by atoms with Crippen LogP contribution in [-0.4, -0.2) is 74.7 Å². The van der Waals surface area contributed by atoms with Crippen LogP contribution in [0.5, 0.6) is 0 Å². The highest BCUT2D eigenvalue weighted by Gasteiger charge is 2.34. The molecular formula is C27H30F3N7OS. The van der Waals surface area contributed by atoms with Crippen LogP contribution in [0.25, 0.3) is 22.2 Å². The fourth-order valence-electron chi connectivity index (χ4n) is 4.64. The molecule has 0 radical (unpaired) electrons. The number of hydrogen-bond donors (Lipinski definition) is 2. The number of carbonyl (C=O) groups excluding carboxylic acids is 1. The van der Waals surface area contributed by atoms with Crippen LogP contribution in [0, 0.1) is 0 Å². The average molecular weight is 558 g/mol. The van der Waals surface area contributed by atoms with Crippen molar-refractivity contribution in [2.24, 2.45) is 7.05 Å². The van der Waals surface area contributed by atoms with E-state index in [9.17, 15) is 18.0 Å². The molecule has 4 aromatic rings. The van der Waals surface area contributed by atoms with Gasteiger partial charge < -0.3 is 10.2 Å². The number of aromatic amines is 1. The van der Waals surface area contributed by atoms with Crippen LogP contribution in [0.15, 0.2) is 53.7 Å². The second-order valence-electron chi connectivity index (χ2n) is 9.78. The summed E-state index contributed by atoms with van der Waals surface area (Å²) in [7, 11) is 3.86. The van der Waals surface area contributed by atoms with Gasteiger partial charge in [-0.25, -0.2) is 0 Å². The number of halogens is 3. The van der Waals surface area contributed by atoms with Crippen LogP contribution in [0.3, 0.4) is 0 Å². The number of anilines is 1. The monoisotopic (exact) mass is 557 g/mol. The summed E-state index contributed by atoms with van der Waals surface area (Å²) in [4.78, 5) is 17.7. The molecule has 0 spiro atoms. The number of aromatic nitrogens is 4. The van der Waals surface area contributed by atoms with Crippen molar-refractivity contribution in [2.45, 2.75) is 24.0 Å². The zero-order chi connectivity index (χ0) is 27.6. The van der Waals surface area contributed by atoms with Gasteiger partial charge in [-0.1, -0.05) is 6.07 Å². The van der Waals surface area contributed by atoms with Crippen molar-refractivity contribution in [3.05, 3.63) is 59.9 Å². The number of fused-ring (bicyclic) bond motifs is 1. The molecule has 2 aromatic heterocycles. The smallest absolute Gasteiger partial charge is 0.326 e. The molecule has 2 aromatic carbocycles. The van der Waals surface area contributed by atoms with Gasteiger partial charge in [0.1, 0.15) is 5.69 Å². The van der Waals surface area contributed by atoms with Crippen LogP contribution in [0.2, 0.25) is 0 Å². The number of benzene rings is 2. The molecule has 206 valence electrons. The number of piperazine rings is 1. The van der Waals surface area contributed by atoms with Gasteiger partial charge in [0.05, 0.1) is 17.3 Å². The summed E-state index contributed by atoms with van der Waals surface area (Å²) in [6.45, 7) is 3.34. The Hall–Kier alpha value is -3.35. The Balaban J connectivity index is 1.17. The molecule has 1 aliphatic heterocycles. The Labute approximate surface area is 228 Å². The van der Waals surface area contributed by atoms with E-state index >= 15 is 0 Å². The summed E-state index contributed by atoms with van der Waals surface area (Å²) in [5.74, 6) is 0.151. The number of likely N-dealkylation sites (N-methyl/N-ethyl adjacent to an activating group) is 1. The second kappa shape index (κ2) is 11.4. The number of rotatable bonds is 8. The molecule has 12 heteroatoms. The fourth-order valence-corrected chi connectivity index (χ4v) is 5.53. The van der Waals surface area contributed by atoms with Gasteiger partial charge in [0.15, 0.2) is 0 Å². The largest absolute Gasteiger partial charge is 0.416 e. The quantitative estimate of drug-likeness (QED) is 0.302. The standard InChI is InChI=1S/C27H30F3N7OS/c1-35-8-10-37(11-9-35)17-18-3-4-20(13-23(18)27(28,29)30)32-25(38)7-12-39-21-5-6-22-24(14-21)33-34-26(22)19-15-31-36(2)16-19/h3-6,13-16H,7-12,17H2,1-2H3,(H,32,38)(H,33,34). The van der Waals surface area contributed by atoms with Gasteiger partial charge in [-0.05, 0) is 42.9 Å². The van der Waals surface area contributed by atoms with Gasteiger partial charge in [-0.3, -0.25) is 19.5 Å². The predicted molar refractivity (Wildman–Crippen MR) is 146 cm³/mol. The third-order valence-electron chi connectivity index (χ3n) is 6.80. The first-order valence-electron chi connectivity index (χ1n) is 12.7. The average Bonchev–Trinajstić information content (AvgIpc) is 3.51. The number of hydrogen-bond acceptors (Lipinski definition) is 6. The van der Waals surface area contributed by atoms with E-state index in [1.165, 1.54) is 17.8 Å². The van der Waals surface area contributed by atoms with Gasteiger partial charge in [-0.2, -0.15) is 23.4 Å². The number of nitrogens with zero attached hydrogens (tertiary/aromatic N) is 5. The zero-order valence-electron chi connectivity index (χ0n) is 21.8. The van der Waals surface area contributed by atoms with E-state index in [4.69, 9.17) is 0 Å². The molecule has 1 amide bonds. The van der Waals surface area contributed by atoms with Crippen molar-refractivity contribution in [1.29, 1.82) is 0 Å². The lowest BCUT2D eigenvalue weighted by atomic mass is 10.0. The van der Waals surface area contributed by atoms with E-state index in [-0.39, 0.29) is 30.1 Å². The van der Waals surface area contributed by atoms with Gasteiger partial charge in [0, 0.05) is 79.7 Å². The van der Waals surface area contributed by atoms with Gasteiger partial charge >= 0.3 is 6.18 Å². The molecule has 3 heterocycles. The zero-order valence-corrected chi connectivity index (χ0v) is 22.6. The summed E-state index contributed by atoms with van der Waals surface area (Å²) in [6, 6.07) is 9.99. The molecule has 0 bridgehead atoms. The summed E-state index contributed by atoms with van der Waals surface area (Å²) in [5.41, 5.74) is 2.29. The third-order valence-corrected chi connectivity index (χ3v) is 7.79. The Bertz CT molecular complexity index is 1460. The maximum absolute atomic E-state index is 13.8. The summed E-state index contributed by atoms with van der Waals surface area (Å²) < 4.78 is 43.2. The van der Waals surface area contributed by atoms with Crippen LogP contribution in [-0.2, 0) is 24.6 Å². The molecule has 39 heavy (non-hydrogen) atoms. The van der Waals surface area contributed by atoms with Gasteiger partial charge in [0.25, 0.3) is 0 Å². The van der Waals surface area contributed by atoms with Crippen molar-refractivity contribution < 1.29 is 18.0 Å². The minimum Gasteiger partial charge on any atom is -0.326 e. The second-order valence-corrected chi connectivity index (χ2v) is 10.9. The molecule has 8 nitrogen and oxygen atoms in total.